The van der Waals surface area contributed by atoms with Gasteiger partial charge in [-0.15, -0.1) is 0 Å². The Balaban J connectivity index is 5.45. The van der Waals surface area contributed by atoms with Crippen molar-refractivity contribution >= 4 is 41.5 Å². The smallest absolute Gasteiger partial charge is 0.326 e. The molecule has 0 aliphatic rings. The molecule has 5 amide bonds. The minimum atomic E-state index is -1.51. The minimum absolute atomic E-state index is 0.0752. The van der Waals surface area contributed by atoms with Crippen molar-refractivity contribution in [1.82, 2.24) is 21.3 Å². The van der Waals surface area contributed by atoms with E-state index >= 15 is 0 Å². The Hall–Kier alpha value is -3.75. The molecule has 0 aromatic carbocycles. The zero-order valence-corrected chi connectivity index (χ0v) is 22.3. The highest BCUT2D eigenvalue weighted by molar-refractivity contribution is 5.97. The first-order valence-electron chi connectivity index (χ1n) is 12.1. The molecule has 0 radical (unpaired) electrons. The highest BCUT2D eigenvalue weighted by Crippen LogP contribution is 2.08. The molecule has 0 aliphatic carbocycles. The molecular weight excluding hydrogens is 504 g/mol. The van der Waals surface area contributed by atoms with Crippen molar-refractivity contribution in [3.8, 4) is 0 Å². The van der Waals surface area contributed by atoms with Crippen LogP contribution in [-0.4, -0.2) is 81.9 Å². The third kappa shape index (κ3) is 13.5. The van der Waals surface area contributed by atoms with Crippen LogP contribution in [0.25, 0.3) is 0 Å². The number of aliphatic carboxylic acids is 2. The van der Waals surface area contributed by atoms with Gasteiger partial charge in [0.1, 0.15) is 24.2 Å². The third-order valence-corrected chi connectivity index (χ3v) is 5.18. The molecule has 216 valence electrons. The molecule has 0 saturated heterocycles. The molecule has 0 rings (SSSR count). The van der Waals surface area contributed by atoms with E-state index < -0.39 is 84.5 Å². The predicted molar refractivity (Wildman–Crippen MR) is 134 cm³/mol. The zero-order chi connectivity index (χ0) is 29.7. The average molecular weight is 545 g/mol. The van der Waals surface area contributed by atoms with Crippen molar-refractivity contribution < 1.29 is 43.8 Å². The van der Waals surface area contributed by atoms with Gasteiger partial charge in [-0.3, -0.25) is 28.8 Å². The summed E-state index contributed by atoms with van der Waals surface area (Å²) in [5.41, 5.74) is 10.7. The SMILES string of the molecule is CC(C)C[C@H](NC(=O)[C@H](CC(N)=O)NC(=O)[C@H](C)NC(=O)[C@H](CC(C)C)NC(=O)[C@@H](N)CC(=O)O)C(=O)O. The lowest BCUT2D eigenvalue weighted by molar-refractivity contribution is -0.143. The number of carboxylic acid groups (broad SMARTS) is 2. The lowest BCUT2D eigenvalue weighted by Crippen LogP contribution is -2.58. The van der Waals surface area contributed by atoms with E-state index in [0.717, 1.165) is 0 Å². The summed E-state index contributed by atoms with van der Waals surface area (Å²) in [4.78, 5) is 84.2. The number of carboxylic acids is 2. The fraction of sp³-hybridized carbons (Fsp3) is 0.696. The third-order valence-electron chi connectivity index (χ3n) is 5.18. The molecule has 0 unspecified atom stereocenters. The maximum absolute atomic E-state index is 12.8. The number of hydrogen-bond donors (Lipinski definition) is 8. The molecular formula is C23H40N6O9. The largest absolute Gasteiger partial charge is 0.481 e. The first-order valence-corrected chi connectivity index (χ1v) is 12.1. The van der Waals surface area contributed by atoms with Gasteiger partial charge in [0.15, 0.2) is 0 Å². The van der Waals surface area contributed by atoms with Crippen LogP contribution < -0.4 is 32.7 Å². The number of nitrogens with two attached hydrogens (primary N) is 2. The fourth-order valence-electron chi connectivity index (χ4n) is 3.31. The average Bonchev–Trinajstić information content (AvgIpc) is 2.75. The van der Waals surface area contributed by atoms with Crippen LogP contribution in [0.4, 0.5) is 0 Å². The number of carbonyl (C=O) groups is 7. The van der Waals surface area contributed by atoms with E-state index in [9.17, 15) is 38.7 Å². The first kappa shape index (κ1) is 34.2. The van der Waals surface area contributed by atoms with Gasteiger partial charge in [0.25, 0.3) is 0 Å². The Morgan fingerprint density at radius 2 is 1.08 bits per heavy atom. The normalized spacial score (nSPS) is 14.9. The topological polar surface area (TPSA) is 260 Å². The van der Waals surface area contributed by atoms with Crippen molar-refractivity contribution in [3.63, 3.8) is 0 Å². The zero-order valence-electron chi connectivity index (χ0n) is 22.3. The number of primary amides is 1. The second-order valence-electron chi connectivity index (χ2n) is 9.89. The standard InChI is InChI=1S/C23H40N6O9/c1-10(2)6-14(28-20(34)13(24)8-18(31)32)21(35)26-12(5)19(33)27-15(9-17(25)30)22(36)29-16(23(37)38)7-11(3)4/h10-16H,6-9,24H2,1-5H3,(H2,25,30)(H,26,35)(H,27,33)(H,28,34)(H,29,36)(H,31,32)(H,37,38)/t12-,13-,14-,15-,16-/m0/s1. The molecule has 0 aromatic rings. The molecule has 0 heterocycles. The van der Waals surface area contributed by atoms with E-state index in [-0.39, 0.29) is 24.7 Å². The Kier molecular flexibility index (Phi) is 14.6. The van der Waals surface area contributed by atoms with Crippen LogP contribution in [-0.2, 0) is 33.6 Å². The van der Waals surface area contributed by atoms with Gasteiger partial charge >= 0.3 is 11.9 Å². The van der Waals surface area contributed by atoms with E-state index in [2.05, 4.69) is 21.3 Å². The van der Waals surface area contributed by atoms with Crippen LogP contribution in [0.5, 0.6) is 0 Å². The number of amides is 5. The van der Waals surface area contributed by atoms with E-state index in [4.69, 9.17) is 16.6 Å². The highest BCUT2D eigenvalue weighted by Gasteiger charge is 2.31. The quantitative estimate of drug-likeness (QED) is 0.0979. The fourth-order valence-corrected chi connectivity index (χ4v) is 3.31. The lowest BCUT2D eigenvalue weighted by atomic mass is 10.0. The van der Waals surface area contributed by atoms with Gasteiger partial charge in [-0.25, -0.2) is 4.79 Å². The summed E-state index contributed by atoms with van der Waals surface area (Å²) in [5.74, 6) is -7.14. The molecule has 0 aromatic heterocycles. The molecule has 38 heavy (non-hydrogen) atoms. The van der Waals surface area contributed by atoms with Crippen molar-refractivity contribution in [2.75, 3.05) is 0 Å². The van der Waals surface area contributed by atoms with Gasteiger partial charge in [-0.1, -0.05) is 27.7 Å². The summed E-state index contributed by atoms with van der Waals surface area (Å²) in [6, 6.07) is -6.56. The van der Waals surface area contributed by atoms with E-state index in [1.54, 1.807) is 27.7 Å². The lowest BCUT2D eigenvalue weighted by Gasteiger charge is -2.25. The summed E-state index contributed by atoms with van der Waals surface area (Å²) in [6.07, 6.45) is -1.03. The molecule has 0 aliphatic heterocycles. The van der Waals surface area contributed by atoms with Gasteiger partial charge < -0.3 is 42.9 Å². The Labute approximate surface area is 220 Å². The summed E-state index contributed by atoms with van der Waals surface area (Å²) < 4.78 is 0. The second-order valence-corrected chi connectivity index (χ2v) is 9.89. The molecule has 0 bridgehead atoms. The number of hydrogen-bond acceptors (Lipinski definition) is 8. The minimum Gasteiger partial charge on any atom is -0.481 e. The van der Waals surface area contributed by atoms with Crippen LogP contribution in [0.15, 0.2) is 0 Å². The van der Waals surface area contributed by atoms with Crippen molar-refractivity contribution in [2.45, 2.75) is 90.5 Å². The first-order chi connectivity index (χ1) is 17.4. The van der Waals surface area contributed by atoms with Crippen molar-refractivity contribution in [2.24, 2.45) is 23.3 Å². The summed E-state index contributed by atoms with van der Waals surface area (Å²) in [6.45, 7) is 8.34. The summed E-state index contributed by atoms with van der Waals surface area (Å²) in [7, 11) is 0. The molecule has 0 spiro atoms. The molecule has 15 heteroatoms. The van der Waals surface area contributed by atoms with Gasteiger partial charge in [0, 0.05) is 0 Å². The second kappa shape index (κ2) is 16.2. The van der Waals surface area contributed by atoms with Crippen molar-refractivity contribution in [1.29, 1.82) is 0 Å². The molecule has 5 atom stereocenters. The van der Waals surface area contributed by atoms with Crippen LogP contribution in [0, 0.1) is 11.8 Å². The highest BCUT2D eigenvalue weighted by atomic mass is 16.4. The maximum Gasteiger partial charge on any atom is 0.326 e. The molecule has 0 fully saturated rings. The molecule has 0 saturated carbocycles. The van der Waals surface area contributed by atoms with E-state index in [0.29, 0.717) is 0 Å². The van der Waals surface area contributed by atoms with Crippen LogP contribution in [0.2, 0.25) is 0 Å². The van der Waals surface area contributed by atoms with Crippen molar-refractivity contribution in [3.05, 3.63) is 0 Å². The van der Waals surface area contributed by atoms with Crippen LogP contribution >= 0.6 is 0 Å². The van der Waals surface area contributed by atoms with Gasteiger partial charge in [-0.05, 0) is 31.6 Å². The van der Waals surface area contributed by atoms with Crippen LogP contribution in [0.1, 0.15) is 60.3 Å². The number of carbonyl (C=O) groups excluding carboxylic acids is 5. The number of nitrogens with one attached hydrogen (secondary N) is 4. The van der Waals surface area contributed by atoms with Crippen LogP contribution in [0.3, 0.4) is 0 Å². The molecule has 15 nitrogen and oxygen atoms in total. The monoisotopic (exact) mass is 544 g/mol. The van der Waals surface area contributed by atoms with E-state index in [1.165, 1.54) is 6.92 Å². The van der Waals surface area contributed by atoms with Gasteiger partial charge in [0.05, 0.1) is 18.9 Å². The van der Waals surface area contributed by atoms with E-state index in [1.807, 2.05) is 0 Å². The van der Waals surface area contributed by atoms with Gasteiger partial charge in [-0.2, -0.15) is 0 Å². The van der Waals surface area contributed by atoms with Gasteiger partial charge in [0.2, 0.25) is 29.5 Å². The Morgan fingerprint density at radius 3 is 1.53 bits per heavy atom. The Morgan fingerprint density at radius 1 is 0.632 bits per heavy atom. The number of rotatable bonds is 17. The summed E-state index contributed by atoms with van der Waals surface area (Å²) in [5, 5.41) is 27.5. The summed E-state index contributed by atoms with van der Waals surface area (Å²) >= 11 is 0. The maximum atomic E-state index is 12.8. The predicted octanol–water partition coefficient (Wildman–Crippen LogP) is -2.20. The Bertz CT molecular complexity index is 893. The molecule has 10 N–H and O–H groups in total.